The van der Waals surface area contributed by atoms with Crippen LogP contribution >= 0.6 is 0 Å². The van der Waals surface area contributed by atoms with Crippen molar-refractivity contribution in [3.63, 3.8) is 0 Å². The molecule has 19 heteroatoms. The lowest BCUT2D eigenvalue weighted by Crippen LogP contribution is -2.29. The topological polar surface area (TPSA) is 256 Å². The van der Waals surface area contributed by atoms with Crippen LogP contribution < -0.4 is 15.4 Å². The van der Waals surface area contributed by atoms with Crippen molar-refractivity contribution in [3.8, 4) is 5.75 Å². The van der Waals surface area contributed by atoms with Gasteiger partial charge < -0.3 is 44.5 Å². The number of carbonyl (C=O) groups is 5. The summed E-state index contributed by atoms with van der Waals surface area (Å²) in [7, 11) is -3.74. The van der Waals surface area contributed by atoms with E-state index in [1.165, 1.54) is 69.5 Å². The van der Waals surface area contributed by atoms with Crippen LogP contribution in [0.25, 0.3) is 0 Å². The maximum atomic E-state index is 13.0. The van der Waals surface area contributed by atoms with Crippen LogP contribution in [0.5, 0.6) is 5.75 Å². The first kappa shape index (κ1) is 58.6. The van der Waals surface area contributed by atoms with Crippen molar-refractivity contribution in [2.24, 2.45) is 5.92 Å². The summed E-state index contributed by atoms with van der Waals surface area (Å²) in [6.45, 7) is 4.27. The molecule has 0 aliphatic heterocycles. The maximum absolute atomic E-state index is 13.0. The van der Waals surface area contributed by atoms with Crippen molar-refractivity contribution in [2.45, 2.75) is 140 Å². The van der Waals surface area contributed by atoms with Crippen LogP contribution in [0.1, 0.15) is 145 Å². The van der Waals surface area contributed by atoms with Gasteiger partial charge in [0.2, 0.25) is 5.91 Å². The van der Waals surface area contributed by atoms with Gasteiger partial charge in [0, 0.05) is 44.9 Å². The van der Waals surface area contributed by atoms with Gasteiger partial charge in [0.1, 0.15) is 30.5 Å². The van der Waals surface area contributed by atoms with Crippen LogP contribution in [0.3, 0.4) is 0 Å². The Morgan fingerprint density at radius 3 is 1.78 bits per heavy atom. The molecule has 18 nitrogen and oxygen atoms in total. The fourth-order valence-corrected chi connectivity index (χ4v) is 7.81. The zero-order valence-electron chi connectivity index (χ0n) is 39.6. The van der Waals surface area contributed by atoms with Gasteiger partial charge in [-0.1, -0.05) is 84.0 Å². The number of benzene rings is 1. The molecule has 1 atom stereocenters. The number of nitrogens with zero attached hydrogens (tertiary/aromatic N) is 2. The second-order valence-electron chi connectivity index (χ2n) is 16.5. The third-order valence-electron chi connectivity index (χ3n) is 10.6. The van der Waals surface area contributed by atoms with Gasteiger partial charge in [-0.2, -0.15) is 0 Å². The molecule has 2 amide bonds. The molecule has 2 rings (SSSR count). The summed E-state index contributed by atoms with van der Waals surface area (Å²) >= 11 is 0. The number of unbranched alkanes of at least 4 members (excludes halogenated alkanes) is 13. The van der Waals surface area contributed by atoms with Crippen LogP contribution in [-0.2, 0) is 53.7 Å². The molecule has 2 aromatic rings. The zero-order chi connectivity index (χ0) is 48.8. The highest BCUT2D eigenvalue weighted by Gasteiger charge is 2.18. The second-order valence-corrected chi connectivity index (χ2v) is 18.5. The molecule has 4 N–H and O–H groups in total. The second kappa shape index (κ2) is 37.4. The van der Waals surface area contributed by atoms with Gasteiger partial charge in [-0.15, -0.1) is 0 Å². The van der Waals surface area contributed by atoms with E-state index in [2.05, 4.69) is 20.6 Å². The minimum Gasteiger partial charge on any atom is -0.494 e. The number of carboxylic acids is 2. The Morgan fingerprint density at radius 2 is 1.16 bits per heavy atom. The first-order chi connectivity index (χ1) is 32.4. The van der Waals surface area contributed by atoms with E-state index in [4.69, 9.17) is 33.9 Å². The number of aromatic nitrogens is 2. The van der Waals surface area contributed by atoms with Crippen LogP contribution in [-0.4, -0.2) is 131 Å². The predicted molar refractivity (Wildman–Crippen MR) is 251 cm³/mol. The molecule has 0 radical (unpaired) electrons. The van der Waals surface area contributed by atoms with E-state index in [0.717, 1.165) is 44.9 Å². The van der Waals surface area contributed by atoms with Crippen molar-refractivity contribution in [1.82, 2.24) is 20.6 Å². The minimum atomic E-state index is -3.74. The molecule has 0 bridgehead atoms. The zero-order valence-corrected chi connectivity index (χ0v) is 40.4. The number of aliphatic carboxylic acids is 2. The fourth-order valence-electron chi connectivity index (χ4n) is 6.61. The number of nitrogens with one attached hydrogen (secondary N) is 2. The number of rotatable bonds is 44. The van der Waals surface area contributed by atoms with Crippen LogP contribution in [0.2, 0.25) is 0 Å². The number of hydrogen-bond acceptors (Lipinski definition) is 14. The average Bonchev–Trinajstić information content (AvgIpc) is 3.30. The molecule has 1 heterocycles. The molecule has 0 saturated heterocycles. The van der Waals surface area contributed by atoms with Crippen molar-refractivity contribution in [1.29, 1.82) is 0 Å². The van der Waals surface area contributed by atoms with Crippen LogP contribution in [0.15, 0.2) is 41.6 Å². The number of Topliss-reactive ketones (excluding diaryl/α,β-unsaturated/α-hetero) is 1. The van der Waals surface area contributed by atoms with Crippen molar-refractivity contribution in [3.05, 3.63) is 48.0 Å². The van der Waals surface area contributed by atoms with Crippen molar-refractivity contribution < 1.29 is 66.3 Å². The van der Waals surface area contributed by atoms with Gasteiger partial charge in [0.25, 0.3) is 5.91 Å². The van der Waals surface area contributed by atoms with Gasteiger partial charge in [-0.3, -0.25) is 24.0 Å². The molecule has 0 saturated carbocycles. The highest BCUT2D eigenvalue weighted by molar-refractivity contribution is 7.90. The van der Waals surface area contributed by atoms with Gasteiger partial charge in [-0.25, -0.2) is 18.4 Å². The number of ether oxygens (including phenoxy) is 5. The first-order valence-electron chi connectivity index (χ1n) is 24.0. The van der Waals surface area contributed by atoms with Crippen molar-refractivity contribution in [2.75, 3.05) is 72.6 Å². The molecular formula is C48H76N4O14S. The molecule has 0 aliphatic rings. The smallest absolute Gasteiger partial charge is 0.306 e. The Kier molecular flexibility index (Phi) is 32.7. The highest BCUT2D eigenvalue weighted by atomic mass is 32.2. The molecule has 1 aromatic heterocycles. The Hall–Kier alpha value is -4.56. The van der Waals surface area contributed by atoms with E-state index in [1.54, 1.807) is 19.1 Å². The molecule has 0 unspecified atom stereocenters. The highest BCUT2D eigenvalue weighted by Crippen LogP contribution is 2.20. The summed E-state index contributed by atoms with van der Waals surface area (Å²) < 4.78 is 53.4. The van der Waals surface area contributed by atoms with E-state index < -0.39 is 39.4 Å². The van der Waals surface area contributed by atoms with E-state index in [1.807, 2.05) is 0 Å². The number of hydrogen-bond donors (Lipinski definition) is 4. The largest absolute Gasteiger partial charge is 0.494 e. The van der Waals surface area contributed by atoms with Gasteiger partial charge in [0.05, 0.1) is 56.0 Å². The predicted octanol–water partition coefficient (Wildman–Crippen LogP) is 6.53. The van der Waals surface area contributed by atoms with E-state index in [9.17, 15) is 32.4 Å². The lowest BCUT2D eigenvalue weighted by Gasteiger charge is -2.09. The Morgan fingerprint density at radius 1 is 0.597 bits per heavy atom. The summed E-state index contributed by atoms with van der Waals surface area (Å²) in [5.74, 6) is -2.44. The Labute approximate surface area is 396 Å². The quantitative estimate of drug-likeness (QED) is 0.0515. The van der Waals surface area contributed by atoms with Gasteiger partial charge in [0.15, 0.2) is 15.6 Å². The van der Waals surface area contributed by atoms with Gasteiger partial charge >= 0.3 is 11.9 Å². The van der Waals surface area contributed by atoms with E-state index in [-0.39, 0.29) is 87.2 Å². The van der Waals surface area contributed by atoms with Gasteiger partial charge in [-0.05, 0) is 56.4 Å². The molecule has 0 aliphatic carbocycles. The Bertz CT molecular complexity index is 1780. The molecular weight excluding hydrogens is 889 g/mol. The summed E-state index contributed by atoms with van der Waals surface area (Å²) in [4.78, 5) is 66.0. The number of sulfone groups is 1. The first-order valence-corrected chi connectivity index (χ1v) is 25.6. The summed E-state index contributed by atoms with van der Waals surface area (Å²) in [6, 6.07) is 6.30. The number of carboxylic acid groups (broad SMARTS) is 2. The summed E-state index contributed by atoms with van der Waals surface area (Å²) in [6.07, 6.45) is 20.3. The van der Waals surface area contributed by atoms with Crippen LogP contribution in [0, 0.1) is 5.92 Å². The lowest BCUT2D eigenvalue weighted by atomic mass is 10.0. The molecule has 0 fully saturated rings. The molecule has 67 heavy (non-hydrogen) atoms. The third-order valence-corrected chi connectivity index (χ3v) is 12.2. The lowest BCUT2D eigenvalue weighted by molar-refractivity contribution is -0.141. The number of ketones is 1. The molecule has 1 aromatic carbocycles. The van der Waals surface area contributed by atoms with E-state index >= 15 is 0 Å². The average molecular weight is 965 g/mol. The third kappa shape index (κ3) is 31.2. The minimum absolute atomic E-state index is 0.0536. The van der Waals surface area contributed by atoms with Crippen LogP contribution in [0.4, 0.5) is 0 Å². The SMILES string of the molecule is C[C@@H](CCCCNC(=O)COCCOCCCC(=O)COCCOCCNC(=O)c1cnc(CS(=O)(=O)c2ccc(OCCCCCCCCCCCCCCCC(=O)O)cc2)nc1)C(=O)O. The maximum Gasteiger partial charge on any atom is 0.306 e. The number of carbonyl (C=O) groups excluding carboxylic acids is 3. The Balaban J connectivity index is 1.43. The monoisotopic (exact) mass is 965 g/mol. The normalized spacial score (nSPS) is 11.8. The molecule has 378 valence electrons. The van der Waals surface area contributed by atoms with Crippen molar-refractivity contribution >= 4 is 39.4 Å². The summed E-state index contributed by atoms with van der Waals surface area (Å²) in [5, 5.41) is 23.0. The van der Waals surface area contributed by atoms with E-state index in [0.29, 0.717) is 51.2 Å². The molecule has 0 spiro atoms. The fraction of sp³-hybridized carbons (Fsp3) is 0.688. The number of amides is 2. The standard InChI is InChI=1S/C48H76N4O14S/c1-39(48(58)59)18-14-15-25-49-45(54)37-65-33-30-62-27-17-19-41(53)36-64-32-31-63-29-26-50-47(57)40-34-51-44(52-35-40)38-67(60,61)43-23-21-42(22-24-43)66-28-16-12-10-8-6-4-2-3-5-7-9-11-13-20-46(55)56/h21-24,34-35,39H,2-20,25-33,36-38H2,1H3,(H,49,54)(H,50,57)(H,55,56)(H,58,59)/t39-/m0/s1. The summed E-state index contributed by atoms with van der Waals surface area (Å²) in [5.41, 5.74) is 0.170.